The summed E-state index contributed by atoms with van der Waals surface area (Å²) in [5.41, 5.74) is -0.133. The maximum Gasteiger partial charge on any atom is 0.413 e. The van der Waals surface area contributed by atoms with Gasteiger partial charge in [-0.2, -0.15) is 0 Å². The van der Waals surface area contributed by atoms with Crippen LogP contribution >= 0.6 is 11.6 Å². The van der Waals surface area contributed by atoms with E-state index in [2.05, 4.69) is 9.46 Å². The Balaban J connectivity index is 2.95. The highest BCUT2D eigenvalue weighted by molar-refractivity contribution is 7.89. The molecule has 2 N–H and O–H groups in total. The molecule has 1 atom stereocenters. The van der Waals surface area contributed by atoms with Crippen molar-refractivity contribution >= 4 is 39.6 Å². The van der Waals surface area contributed by atoms with Crippen molar-refractivity contribution in [3.05, 3.63) is 28.8 Å². The van der Waals surface area contributed by atoms with Gasteiger partial charge in [0.2, 0.25) is 10.0 Å². The van der Waals surface area contributed by atoms with Crippen LogP contribution in [0.15, 0.2) is 23.1 Å². The molecule has 24 heavy (non-hydrogen) atoms. The van der Waals surface area contributed by atoms with Crippen LogP contribution in [0.3, 0.4) is 0 Å². The molecule has 0 aliphatic heterocycles. The molecule has 0 aliphatic carbocycles. The normalized spacial score (nSPS) is 12.2. The Hall–Kier alpha value is -2.17. The molecule has 0 unspecified atom stereocenters. The number of amides is 2. The number of methoxy groups -OCH3 is 1. The lowest BCUT2D eigenvalue weighted by Gasteiger charge is -2.13. The second-order valence-electron chi connectivity index (χ2n) is 4.38. The lowest BCUT2D eigenvalue weighted by atomic mass is 10.2. The van der Waals surface area contributed by atoms with Crippen LogP contribution in [-0.2, 0) is 24.3 Å². The number of carbonyl (C=O) groups is 3. The number of carbonyl (C=O) groups excluding carboxylic acids is 3. The molecule has 0 saturated heterocycles. The average Bonchev–Trinajstić information content (AvgIpc) is 2.54. The van der Waals surface area contributed by atoms with Crippen LogP contribution < -0.4 is 10.0 Å². The summed E-state index contributed by atoms with van der Waals surface area (Å²) in [4.78, 5) is 34.2. The van der Waals surface area contributed by atoms with Gasteiger partial charge < -0.3 is 9.47 Å². The number of alkyl carbamates (subject to hydrolysis) is 1. The molecule has 2 amide bonds. The zero-order valence-electron chi connectivity index (χ0n) is 13.0. The molecule has 1 rings (SSSR count). The van der Waals surface area contributed by atoms with E-state index in [-0.39, 0.29) is 15.5 Å². The third-order valence-electron chi connectivity index (χ3n) is 2.79. The minimum absolute atomic E-state index is 0.0858. The third kappa shape index (κ3) is 4.91. The van der Waals surface area contributed by atoms with Gasteiger partial charge in [-0.15, -0.1) is 0 Å². The number of imide groups is 1. The summed E-state index contributed by atoms with van der Waals surface area (Å²) in [6.07, 6.45) is -2.31. The molecule has 0 fully saturated rings. The van der Waals surface area contributed by atoms with Crippen molar-refractivity contribution in [1.29, 1.82) is 0 Å². The van der Waals surface area contributed by atoms with Gasteiger partial charge in [-0.3, -0.25) is 10.1 Å². The predicted molar refractivity (Wildman–Crippen MR) is 83.1 cm³/mol. The van der Waals surface area contributed by atoms with E-state index in [9.17, 15) is 22.8 Å². The van der Waals surface area contributed by atoms with Crippen molar-refractivity contribution in [3.63, 3.8) is 0 Å². The molecule has 1 aromatic carbocycles. The number of halogens is 1. The molecule has 1 aromatic rings. The first kappa shape index (κ1) is 19.9. The fourth-order valence-electron chi connectivity index (χ4n) is 1.48. The molecule has 0 aliphatic rings. The summed E-state index contributed by atoms with van der Waals surface area (Å²) in [5.74, 6) is -1.86. The molecule has 11 heteroatoms. The van der Waals surface area contributed by atoms with Crippen LogP contribution in [0.1, 0.15) is 17.3 Å². The van der Waals surface area contributed by atoms with E-state index in [0.717, 1.165) is 13.2 Å². The van der Waals surface area contributed by atoms with E-state index in [1.54, 1.807) is 0 Å². The Morgan fingerprint density at radius 1 is 1.25 bits per heavy atom. The molecule has 0 heterocycles. The lowest BCUT2D eigenvalue weighted by Crippen LogP contribution is -2.39. The van der Waals surface area contributed by atoms with E-state index in [0.29, 0.717) is 0 Å². The van der Waals surface area contributed by atoms with Crippen molar-refractivity contribution in [2.75, 3.05) is 14.2 Å². The van der Waals surface area contributed by atoms with Crippen LogP contribution in [0, 0.1) is 0 Å². The Kier molecular flexibility index (Phi) is 6.70. The number of hydrogen-bond acceptors (Lipinski definition) is 7. The summed E-state index contributed by atoms with van der Waals surface area (Å²) in [5, 5.41) is 1.75. The third-order valence-corrected chi connectivity index (χ3v) is 4.68. The highest BCUT2D eigenvalue weighted by Crippen LogP contribution is 2.23. The topological polar surface area (TPSA) is 128 Å². The Morgan fingerprint density at radius 3 is 2.42 bits per heavy atom. The van der Waals surface area contributed by atoms with Gasteiger partial charge in [0.25, 0.3) is 5.91 Å². The van der Waals surface area contributed by atoms with Gasteiger partial charge >= 0.3 is 12.1 Å². The fourth-order valence-corrected chi connectivity index (χ4v) is 2.73. The van der Waals surface area contributed by atoms with E-state index in [1.807, 2.05) is 5.32 Å². The van der Waals surface area contributed by atoms with Crippen molar-refractivity contribution < 1.29 is 32.3 Å². The van der Waals surface area contributed by atoms with Crippen LogP contribution in [0.5, 0.6) is 0 Å². The second-order valence-corrected chi connectivity index (χ2v) is 6.64. The molecule has 0 aromatic heterocycles. The standard InChI is InChI=1S/C13H15ClN2O7S/c1-7(11(17)16-13(19)22-3)23-12(18)8-4-5-9(14)10(6-8)24(20,21)15-2/h4-7,15H,1-3H3,(H,16,17,19)/t7-/m0/s1. The van der Waals surface area contributed by atoms with Gasteiger partial charge in [-0.05, 0) is 32.2 Å². The first-order valence-corrected chi connectivity index (χ1v) is 8.31. The highest BCUT2D eigenvalue weighted by Gasteiger charge is 2.23. The quantitative estimate of drug-likeness (QED) is 0.721. The predicted octanol–water partition coefficient (Wildman–Crippen LogP) is 0.676. The molecular weight excluding hydrogens is 364 g/mol. The summed E-state index contributed by atoms with van der Waals surface area (Å²) >= 11 is 5.81. The number of nitrogens with one attached hydrogen (secondary N) is 2. The van der Waals surface area contributed by atoms with Crippen LogP contribution in [-0.4, -0.2) is 46.6 Å². The van der Waals surface area contributed by atoms with Crippen LogP contribution in [0.2, 0.25) is 5.02 Å². The minimum atomic E-state index is -3.88. The van der Waals surface area contributed by atoms with Gasteiger partial charge in [0, 0.05) is 0 Å². The number of ether oxygens (including phenoxy) is 2. The SMILES string of the molecule is CNS(=O)(=O)c1cc(C(=O)O[C@@H](C)C(=O)NC(=O)OC)ccc1Cl. The summed E-state index contributed by atoms with van der Waals surface area (Å²) < 4.78 is 34.8. The van der Waals surface area contributed by atoms with Gasteiger partial charge in [0.1, 0.15) is 4.90 Å². The Labute approximate surface area is 143 Å². The average molecular weight is 379 g/mol. The van der Waals surface area contributed by atoms with E-state index in [4.69, 9.17) is 16.3 Å². The summed E-state index contributed by atoms with van der Waals surface area (Å²) in [6, 6.07) is 3.47. The summed E-state index contributed by atoms with van der Waals surface area (Å²) in [6.45, 7) is 1.23. The lowest BCUT2D eigenvalue weighted by molar-refractivity contribution is -0.128. The molecule has 9 nitrogen and oxygen atoms in total. The van der Waals surface area contributed by atoms with Crippen molar-refractivity contribution in [1.82, 2.24) is 10.0 Å². The maximum absolute atomic E-state index is 12.0. The van der Waals surface area contributed by atoms with Crippen molar-refractivity contribution in [3.8, 4) is 0 Å². The summed E-state index contributed by atoms with van der Waals surface area (Å²) in [7, 11) is -1.62. The van der Waals surface area contributed by atoms with Gasteiger partial charge in [0.05, 0.1) is 17.7 Å². The van der Waals surface area contributed by atoms with Crippen LogP contribution in [0.4, 0.5) is 4.79 Å². The van der Waals surface area contributed by atoms with E-state index in [1.165, 1.54) is 26.1 Å². The molecule has 0 radical (unpaired) electrons. The smallest absolute Gasteiger partial charge is 0.413 e. The highest BCUT2D eigenvalue weighted by atomic mass is 35.5. The molecule has 132 valence electrons. The molecule has 0 saturated carbocycles. The van der Waals surface area contributed by atoms with E-state index < -0.39 is 34.1 Å². The van der Waals surface area contributed by atoms with Gasteiger partial charge in [-0.25, -0.2) is 22.7 Å². The van der Waals surface area contributed by atoms with E-state index >= 15 is 0 Å². The molecule has 0 bridgehead atoms. The largest absolute Gasteiger partial charge is 0.453 e. The number of sulfonamides is 1. The van der Waals surface area contributed by atoms with Crippen molar-refractivity contribution in [2.45, 2.75) is 17.9 Å². The van der Waals surface area contributed by atoms with Crippen molar-refractivity contribution in [2.24, 2.45) is 0 Å². The number of hydrogen-bond donors (Lipinski definition) is 2. The maximum atomic E-state index is 12.0. The Morgan fingerprint density at radius 2 is 1.88 bits per heavy atom. The first-order chi connectivity index (χ1) is 11.1. The second kappa shape index (κ2) is 8.08. The first-order valence-electron chi connectivity index (χ1n) is 6.45. The Bertz CT molecular complexity index is 764. The minimum Gasteiger partial charge on any atom is -0.453 e. The van der Waals surface area contributed by atoms with Crippen LogP contribution in [0.25, 0.3) is 0 Å². The molecular formula is C13H15ClN2O7S. The zero-order chi connectivity index (χ0) is 18.5. The number of rotatable bonds is 5. The number of benzene rings is 1. The zero-order valence-corrected chi connectivity index (χ0v) is 14.5. The fraction of sp³-hybridized carbons (Fsp3) is 0.308. The van der Waals surface area contributed by atoms with Gasteiger partial charge in [-0.1, -0.05) is 11.6 Å². The molecule has 0 spiro atoms. The van der Waals surface area contributed by atoms with Gasteiger partial charge in [0.15, 0.2) is 6.10 Å². The number of esters is 1. The monoisotopic (exact) mass is 378 g/mol.